The molecule has 98 valence electrons. The van der Waals surface area contributed by atoms with Gasteiger partial charge >= 0.3 is 0 Å². The van der Waals surface area contributed by atoms with Gasteiger partial charge in [0.15, 0.2) is 0 Å². The first-order chi connectivity index (χ1) is 8.67. The second-order valence-electron chi connectivity index (χ2n) is 4.02. The molecule has 1 aromatic rings. The summed E-state index contributed by atoms with van der Waals surface area (Å²) in [5.74, 6) is 0. The second-order valence-corrected chi connectivity index (χ2v) is 4.94. The van der Waals surface area contributed by atoms with Crippen molar-refractivity contribution < 1.29 is 4.74 Å². The molecule has 0 spiro atoms. The fraction of sp³-hybridized carbons (Fsp3) is 0.462. The van der Waals surface area contributed by atoms with Crippen LogP contribution in [-0.4, -0.2) is 45.3 Å². The van der Waals surface area contributed by atoms with Gasteiger partial charge in [-0.15, -0.1) is 0 Å². The molecular weight excluding hydrogens is 294 g/mol. The van der Waals surface area contributed by atoms with Gasteiger partial charge in [0, 0.05) is 31.2 Å². The number of halogens is 1. The van der Waals surface area contributed by atoms with E-state index in [1.54, 1.807) is 7.11 Å². The van der Waals surface area contributed by atoms with E-state index in [4.69, 9.17) is 10.00 Å². The monoisotopic (exact) mass is 311 g/mol. The lowest BCUT2D eigenvalue weighted by atomic mass is 10.2. The summed E-state index contributed by atoms with van der Waals surface area (Å²) in [5.41, 5.74) is 1.53. The Morgan fingerprint density at radius 2 is 2.22 bits per heavy atom. The van der Waals surface area contributed by atoms with Crippen molar-refractivity contribution in [2.45, 2.75) is 0 Å². The Kier molecular flexibility index (Phi) is 6.73. The Labute approximate surface area is 117 Å². The van der Waals surface area contributed by atoms with Crippen molar-refractivity contribution in [3.63, 3.8) is 0 Å². The molecule has 0 unspecified atom stereocenters. The number of ether oxygens (including phenoxy) is 1. The molecule has 1 aromatic carbocycles. The number of methoxy groups -OCH3 is 1. The first kappa shape index (κ1) is 15.0. The van der Waals surface area contributed by atoms with Crippen molar-refractivity contribution >= 4 is 21.6 Å². The van der Waals surface area contributed by atoms with Crippen LogP contribution in [0, 0.1) is 11.3 Å². The molecule has 0 aliphatic carbocycles. The molecule has 0 radical (unpaired) electrons. The molecule has 18 heavy (non-hydrogen) atoms. The molecular formula is C13H18BrN3O. The van der Waals surface area contributed by atoms with Gasteiger partial charge in [0.1, 0.15) is 6.07 Å². The van der Waals surface area contributed by atoms with Gasteiger partial charge in [-0.3, -0.25) is 0 Å². The van der Waals surface area contributed by atoms with E-state index in [0.29, 0.717) is 5.56 Å². The topological polar surface area (TPSA) is 48.3 Å². The van der Waals surface area contributed by atoms with Gasteiger partial charge < -0.3 is 15.0 Å². The molecule has 0 saturated carbocycles. The molecule has 0 bridgehead atoms. The SMILES string of the molecule is COCCN(C)CCNc1ccc(Br)cc1C#N. The molecule has 4 nitrogen and oxygen atoms in total. The lowest BCUT2D eigenvalue weighted by molar-refractivity contribution is 0.163. The van der Waals surface area contributed by atoms with E-state index in [-0.39, 0.29) is 0 Å². The fourth-order valence-corrected chi connectivity index (χ4v) is 1.86. The number of anilines is 1. The van der Waals surface area contributed by atoms with E-state index in [2.05, 4.69) is 32.2 Å². The van der Waals surface area contributed by atoms with Gasteiger partial charge in [0.25, 0.3) is 0 Å². The highest BCUT2D eigenvalue weighted by Crippen LogP contribution is 2.19. The number of nitriles is 1. The van der Waals surface area contributed by atoms with Crippen LogP contribution < -0.4 is 5.32 Å². The largest absolute Gasteiger partial charge is 0.383 e. The first-order valence-corrected chi connectivity index (χ1v) is 6.57. The average Bonchev–Trinajstić information content (AvgIpc) is 2.37. The number of rotatable bonds is 7. The van der Waals surface area contributed by atoms with Crippen LogP contribution in [0.3, 0.4) is 0 Å². The van der Waals surface area contributed by atoms with Gasteiger partial charge in [-0.2, -0.15) is 5.26 Å². The zero-order valence-corrected chi connectivity index (χ0v) is 12.3. The van der Waals surface area contributed by atoms with Crippen molar-refractivity contribution in [3.8, 4) is 6.07 Å². The van der Waals surface area contributed by atoms with Crippen LogP contribution in [0.2, 0.25) is 0 Å². The lowest BCUT2D eigenvalue weighted by Crippen LogP contribution is -2.28. The number of hydrogen-bond acceptors (Lipinski definition) is 4. The maximum Gasteiger partial charge on any atom is 0.101 e. The van der Waals surface area contributed by atoms with Gasteiger partial charge in [0.05, 0.1) is 17.9 Å². The van der Waals surface area contributed by atoms with Gasteiger partial charge in [-0.05, 0) is 25.2 Å². The van der Waals surface area contributed by atoms with E-state index in [0.717, 1.165) is 36.4 Å². The van der Waals surface area contributed by atoms with Crippen LogP contribution in [-0.2, 0) is 4.74 Å². The number of nitrogens with zero attached hydrogens (tertiary/aromatic N) is 2. The predicted octanol–water partition coefficient (Wildman–Crippen LogP) is 2.31. The van der Waals surface area contributed by atoms with Crippen molar-refractivity contribution in [1.29, 1.82) is 5.26 Å². The minimum absolute atomic E-state index is 0.656. The Balaban J connectivity index is 2.42. The Bertz CT molecular complexity index is 417. The average molecular weight is 312 g/mol. The first-order valence-electron chi connectivity index (χ1n) is 5.78. The molecule has 0 amide bonds. The minimum Gasteiger partial charge on any atom is -0.383 e. The van der Waals surface area contributed by atoms with E-state index in [1.165, 1.54) is 0 Å². The molecule has 0 saturated heterocycles. The van der Waals surface area contributed by atoms with Crippen LogP contribution in [0.25, 0.3) is 0 Å². The van der Waals surface area contributed by atoms with Gasteiger partial charge in [0.2, 0.25) is 0 Å². The van der Waals surface area contributed by atoms with E-state index in [9.17, 15) is 0 Å². The molecule has 1 N–H and O–H groups in total. The lowest BCUT2D eigenvalue weighted by Gasteiger charge is -2.17. The van der Waals surface area contributed by atoms with Crippen molar-refractivity contribution in [2.75, 3.05) is 45.7 Å². The van der Waals surface area contributed by atoms with Crippen molar-refractivity contribution in [2.24, 2.45) is 0 Å². The van der Waals surface area contributed by atoms with Crippen LogP contribution in [0.1, 0.15) is 5.56 Å². The number of nitrogens with one attached hydrogen (secondary N) is 1. The third-order valence-electron chi connectivity index (χ3n) is 2.59. The molecule has 0 fully saturated rings. The van der Waals surface area contributed by atoms with Crippen LogP contribution in [0.15, 0.2) is 22.7 Å². The molecule has 5 heteroatoms. The van der Waals surface area contributed by atoms with Crippen LogP contribution >= 0.6 is 15.9 Å². The van der Waals surface area contributed by atoms with E-state index < -0.39 is 0 Å². The predicted molar refractivity (Wildman–Crippen MR) is 76.7 cm³/mol. The van der Waals surface area contributed by atoms with Crippen LogP contribution in [0.5, 0.6) is 0 Å². The molecule has 1 rings (SSSR count). The summed E-state index contributed by atoms with van der Waals surface area (Å²) in [5, 5.41) is 12.3. The normalized spacial score (nSPS) is 10.4. The molecule has 0 aliphatic heterocycles. The summed E-state index contributed by atoms with van der Waals surface area (Å²) >= 11 is 3.36. The van der Waals surface area contributed by atoms with Crippen molar-refractivity contribution in [3.05, 3.63) is 28.2 Å². The van der Waals surface area contributed by atoms with Gasteiger partial charge in [-0.1, -0.05) is 15.9 Å². The number of likely N-dealkylation sites (N-methyl/N-ethyl adjacent to an activating group) is 1. The highest BCUT2D eigenvalue weighted by Gasteiger charge is 2.03. The fourth-order valence-electron chi connectivity index (χ4n) is 1.50. The third kappa shape index (κ3) is 5.05. The van der Waals surface area contributed by atoms with Crippen molar-refractivity contribution in [1.82, 2.24) is 4.90 Å². The smallest absolute Gasteiger partial charge is 0.101 e. The summed E-state index contributed by atoms with van der Waals surface area (Å²) in [7, 11) is 3.75. The molecule has 0 aliphatic rings. The Morgan fingerprint density at radius 1 is 1.44 bits per heavy atom. The summed E-state index contributed by atoms with van der Waals surface area (Å²) < 4.78 is 5.93. The summed E-state index contributed by atoms with van der Waals surface area (Å²) in [4.78, 5) is 2.18. The zero-order chi connectivity index (χ0) is 13.4. The molecule has 0 heterocycles. The Hall–Kier alpha value is -1.09. The number of benzene rings is 1. The maximum atomic E-state index is 9.03. The summed E-state index contributed by atoms with van der Waals surface area (Å²) in [6.07, 6.45) is 0. The van der Waals surface area contributed by atoms with Crippen LogP contribution in [0.4, 0.5) is 5.69 Å². The molecule has 0 atom stereocenters. The highest BCUT2D eigenvalue weighted by molar-refractivity contribution is 9.10. The standard InChI is InChI=1S/C13H18BrN3O/c1-17(7-8-18-2)6-5-16-13-4-3-12(14)9-11(13)10-15/h3-4,9,16H,5-8H2,1-2H3. The second kappa shape index (κ2) is 8.09. The van der Waals surface area contributed by atoms with E-state index >= 15 is 0 Å². The Morgan fingerprint density at radius 3 is 2.89 bits per heavy atom. The quantitative estimate of drug-likeness (QED) is 0.839. The third-order valence-corrected chi connectivity index (χ3v) is 3.08. The summed E-state index contributed by atoms with van der Waals surface area (Å²) in [6, 6.07) is 7.84. The molecule has 0 aromatic heterocycles. The summed E-state index contributed by atoms with van der Waals surface area (Å²) in [6.45, 7) is 3.35. The maximum absolute atomic E-state index is 9.03. The highest BCUT2D eigenvalue weighted by atomic mass is 79.9. The van der Waals surface area contributed by atoms with Gasteiger partial charge in [-0.25, -0.2) is 0 Å². The minimum atomic E-state index is 0.656. The van der Waals surface area contributed by atoms with E-state index in [1.807, 2.05) is 25.2 Å². The number of hydrogen-bond donors (Lipinski definition) is 1. The zero-order valence-electron chi connectivity index (χ0n) is 10.7.